The van der Waals surface area contributed by atoms with E-state index in [0.29, 0.717) is 0 Å². The monoisotopic (exact) mass is 515 g/mol. The van der Waals surface area contributed by atoms with Gasteiger partial charge >= 0.3 is 0 Å². The highest BCUT2D eigenvalue weighted by atomic mass is 127. The fourth-order valence-electron chi connectivity index (χ4n) is 4.69. The molecule has 3 heterocycles. The van der Waals surface area contributed by atoms with Crippen LogP contribution >= 0.6 is 24.0 Å². The number of morpholine rings is 1. The van der Waals surface area contributed by atoms with E-state index in [2.05, 4.69) is 45.5 Å². The molecular formula is C22H34IN3O3. The molecule has 0 saturated carbocycles. The van der Waals surface area contributed by atoms with Gasteiger partial charge in [0.2, 0.25) is 0 Å². The number of aliphatic imine (C=N–C) groups is 1. The van der Waals surface area contributed by atoms with E-state index >= 15 is 0 Å². The lowest BCUT2D eigenvalue weighted by molar-refractivity contribution is -0.0817. The van der Waals surface area contributed by atoms with Crippen molar-refractivity contribution in [3.8, 4) is 0 Å². The predicted molar refractivity (Wildman–Crippen MR) is 125 cm³/mol. The summed E-state index contributed by atoms with van der Waals surface area (Å²) in [7, 11) is 1.87. The lowest BCUT2D eigenvalue weighted by atomic mass is 9.74. The number of rotatable bonds is 4. The van der Waals surface area contributed by atoms with Gasteiger partial charge < -0.3 is 24.4 Å². The van der Waals surface area contributed by atoms with Crippen molar-refractivity contribution in [2.24, 2.45) is 4.99 Å². The lowest BCUT2D eigenvalue weighted by Gasteiger charge is -2.41. The van der Waals surface area contributed by atoms with E-state index in [4.69, 9.17) is 14.2 Å². The maximum Gasteiger partial charge on any atom is 0.193 e. The molecule has 1 N–H and O–H groups in total. The summed E-state index contributed by atoms with van der Waals surface area (Å²) in [5, 5.41) is 3.68. The highest BCUT2D eigenvalue weighted by Gasteiger charge is 2.36. The summed E-state index contributed by atoms with van der Waals surface area (Å²) < 4.78 is 17.5. The van der Waals surface area contributed by atoms with Crippen LogP contribution in [0.2, 0.25) is 0 Å². The van der Waals surface area contributed by atoms with Crippen LogP contribution in [0.3, 0.4) is 0 Å². The summed E-state index contributed by atoms with van der Waals surface area (Å²) in [5.74, 6) is 0.966. The van der Waals surface area contributed by atoms with E-state index in [0.717, 1.165) is 77.7 Å². The Labute approximate surface area is 191 Å². The number of benzene rings is 1. The fourth-order valence-corrected chi connectivity index (χ4v) is 4.69. The van der Waals surface area contributed by atoms with E-state index in [1.54, 1.807) is 0 Å². The number of ether oxygens (including phenoxy) is 3. The molecule has 29 heavy (non-hydrogen) atoms. The molecule has 0 amide bonds. The van der Waals surface area contributed by atoms with Gasteiger partial charge in [-0.05, 0) is 31.2 Å². The normalized spacial score (nSPS) is 27.3. The zero-order chi connectivity index (χ0) is 19.2. The quantitative estimate of drug-likeness (QED) is 0.380. The minimum atomic E-state index is 0. The van der Waals surface area contributed by atoms with E-state index in [9.17, 15) is 0 Å². The molecule has 3 fully saturated rings. The Hall–Kier alpha value is -0.900. The Morgan fingerprint density at radius 2 is 1.86 bits per heavy atom. The molecule has 2 atom stereocenters. The van der Waals surface area contributed by atoms with Crippen LogP contribution < -0.4 is 5.32 Å². The zero-order valence-corrected chi connectivity index (χ0v) is 19.7. The summed E-state index contributed by atoms with van der Waals surface area (Å²) in [6.45, 7) is 5.79. The van der Waals surface area contributed by atoms with Crippen molar-refractivity contribution in [3.63, 3.8) is 0 Å². The maximum atomic E-state index is 6.00. The van der Waals surface area contributed by atoms with Crippen LogP contribution in [-0.4, -0.2) is 76.2 Å². The molecule has 3 aliphatic heterocycles. The Kier molecular flexibility index (Phi) is 8.58. The molecule has 1 aromatic carbocycles. The Morgan fingerprint density at radius 3 is 2.55 bits per heavy atom. The zero-order valence-electron chi connectivity index (χ0n) is 17.3. The van der Waals surface area contributed by atoms with Crippen LogP contribution in [0.4, 0.5) is 0 Å². The molecule has 2 unspecified atom stereocenters. The van der Waals surface area contributed by atoms with Crippen LogP contribution in [0.5, 0.6) is 0 Å². The second kappa shape index (κ2) is 10.9. The standard InChI is InChI=1S/C22H33N3O3.HI/c1-23-21(25-11-15-28-20(16-25)19-8-5-12-27-19)24-17-22(9-13-26-14-10-22)18-6-3-2-4-7-18;/h2-4,6-7,19-20H,5,8-17H2,1H3,(H,23,24);1H. The second-order valence-electron chi connectivity index (χ2n) is 8.07. The Morgan fingerprint density at radius 1 is 1.10 bits per heavy atom. The summed E-state index contributed by atoms with van der Waals surface area (Å²) >= 11 is 0. The average Bonchev–Trinajstić information content (AvgIpc) is 3.31. The highest BCUT2D eigenvalue weighted by Crippen LogP contribution is 2.34. The van der Waals surface area contributed by atoms with Gasteiger partial charge in [0, 0.05) is 51.9 Å². The van der Waals surface area contributed by atoms with Crippen LogP contribution in [0.25, 0.3) is 0 Å². The molecule has 0 aromatic heterocycles. The first-order valence-corrected chi connectivity index (χ1v) is 10.6. The molecule has 7 heteroatoms. The maximum absolute atomic E-state index is 6.00. The first kappa shape index (κ1) is 22.8. The van der Waals surface area contributed by atoms with Gasteiger partial charge in [0.25, 0.3) is 0 Å². The van der Waals surface area contributed by atoms with Gasteiger partial charge in [0.05, 0.1) is 12.7 Å². The summed E-state index contributed by atoms with van der Waals surface area (Å²) in [4.78, 5) is 6.91. The van der Waals surface area contributed by atoms with E-state index < -0.39 is 0 Å². The molecule has 4 rings (SSSR count). The topological polar surface area (TPSA) is 55.3 Å². The van der Waals surface area contributed by atoms with Crippen molar-refractivity contribution in [1.82, 2.24) is 10.2 Å². The van der Waals surface area contributed by atoms with Crippen LogP contribution in [-0.2, 0) is 19.6 Å². The first-order chi connectivity index (χ1) is 13.8. The molecule has 0 bridgehead atoms. The summed E-state index contributed by atoms with van der Waals surface area (Å²) in [5.41, 5.74) is 1.48. The van der Waals surface area contributed by atoms with Crippen molar-refractivity contribution in [2.45, 2.75) is 43.3 Å². The SMILES string of the molecule is CN=C(NCC1(c2ccccc2)CCOCC1)N1CCOC(C2CCCO2)C1.I. The third-order valence-corrected chi connectivity index (χ3v) is 6.41. The number of nitrogens with one attached hydrogen (secondary N) is 1. The third kappa shape index (κ3) is 5.42. The Bertz CT molecular complexity index is 646. The molecule has 3 aliphatic rings. The van der Waals surface area contributed by atoms with Crippen molar-refractivity contribution in [3.05, 3.63) is 35.9 Å². The minimum Gasteiger partial charge on any atom is -0.381 e. The molecular weight excluding hydrogens is 481 g/mol. The summed E-state index contributed by atoms with van der Waals surface area (Å²) in [6, 6.07) is 10.9. The molecule has 0 radical (unpaired) electrons. The van der Waals surface area contributed by atoms with Crippen LogP contribution in [0.15, 0.2) is 35.3 Å². The molecule has 0 aliphatic carbocycles. The van der Waals surface area contributed by atoms with Gasteiger partial charge in [-0.3, -0.25) is 4.99 Å². The molecule has 162 valence electrons. The van der Waals surface area contributed by atoms with E-state index in [1.165, 1.54) is 5.56 Å². The Balaban J connectivity index is 0.00000240. The smallest absolute Gasteiger partial charge is 0.193 e. The fraction of sp³-hybridized carbons (Fsp3) is 0.682. The predicted octanol–water partition coefficient (Wildman–Crippen LogP) is 2.81. The van der Waals surface area contributed by atoms with E-state index in [-0.39, 0.29) is 41.6 Å². The van der Waals surface area contributed by atoms with Gasteiger partial charge in [0.1, 0.15) is 6.10 Å². The number of halogens is 1. The molecule has 6 nitrogen and oxygen atoms in total. The van der Waals surface area contributed by atoms with Gasteiger partial charge in [-0.15, -0.1) is 24.0 Å². The van der Waals surface area contributed by atoms with Crippen molar-refractivity contribution in [2.75, 3.05) is 53.1 Å². The lowest BCUT2D eigenvalue weighted by Crippen LogP contribution is -2.55. The van der Waals surface area contributed by atoms with Gasteiger partial charge in [-0.1, -0.05) is 30.3 Å². The first-order valence-electron chi connectivity index (χ1n) is 10.6. The van der Waals surface area contributed by atoms with Gasteiger partial charge in [0.15, 0.2) is 5.96 Å². The van der Waals surface area contributed by atoms with Crippen molar-refractivity contribution in [1.29, 1.82) is 0 Å². The van der Waals surface area contributed by atoms with Crippen LogP contribution in [0, 0.1) is 0 Å². The van der Waals surface area contributed by atoms with Crippen LogP contribution in [0.1, 0.15) is 31.2 Å². The van der Waals surface area contributed by atoms with Crippen molar-refractivity contribution >= 4 is 29.9 Å². The number of nitrogens with zero attached hydrogens (tertiary/aromatic N) is 2. The molecule has 0 spiro atoms. The minimum absolute atomic E-state index is 0. The summed E-state index contributed by atoms with van der Waals surface area (Å²) in [6.07, 6.45) is 4.67. The molecule has 3 saturated heterocycles. The number of hydrogen-bond acceptors (Lipinski definition) is 4. The number of hydrogen-bond donors (Lipinski definition) is 1. The van der Waals surface area contributed by atoms with Crippen molar-refractivity contribution < 1.29 is 14.2 Å². The largest absolute Gasteiger partial charge is 0.381 e. The van der Waals surface area contributed by atoms with Gasteiger partial charge in [-0.25, -0.2) is 0 Å². The molecule has 1 aromatic rings. The number of guanidine groups is 1. The van der Waals surface area contributed by atoms with Gasteiger partial charge in [-0.2, -0.15) is 0 Å². The second-order valence-corrected chi connectivity index (χ2v) is 8.07. The highest BCUT2D eigenvalue weighted by molar-refractivity contribution is 14.0. The van der Waals surface area contributed by atoms with E-state index in [1.807, 2.05) is 7.05 Å². The average molecular weight is 515 g/mol. The third-order valence-electron chi connectivity index (χ3n) is 6.41.